The second-order valence-corrected chi connectivity index (χ2v) is 6.14. The van der Waals surface area contributed by atoms with Crippen LogP contribution in [0.4, 0.5) is 0 Å². The van der Waals surface area contributed by atoms with Crippen molar-refractivity contribution in [3.05, 3.63) is 57.8 Å². The molecule has 22 heavy (non-hydrogen) atoms. The minimum atomic E-state index is -0.848. The van der Waals surface area contributed by atoms with Gasteiger partial charge in [-0.3, -0.25) is 9.59 Å². The first-order valence-corrected chi connectivity index (χ1v) is 8.05. The van der Waals surface area contributed by atoms with Crippen LogP contribution in [0.2, 0.25) is 0 Å². The number of carboxylic acids is 1. The fourth-order valence-corrected chi connectivity index (χ4v) is 3.11. The highest BCUT2D eigenvalue weighted by Gasteiger charge is 2.17. The summed E-state index contributed by atoms with van der Waals surface area (Å²) in [5.74, 6) is -0.974. The highest BCUT2D eigenvalue weighted by Crippen LogP contribution is 2.16. The standard InChI is InChI=1S/C17H19NO3S/c1-12-9-10-22-16(12)17(21)18-14(7-8-15(19)20)11-13-5-3-2-4-6-13/h2-6,9-10,14H,7-8,11H2,1H3,(H,18,21)(H,19,20). The van der Waals surface area contributed by atoms with Gasteiger partial charge in [-0.25, -0.2) is 0 Å². The number of amides is 1. The predicted octanol–water partition coefficient (Wildman–Crippen LogP) is 3.26. The molecule has 1 aromatic heterocycles. The summed E-state index contributed by atoms with van der Waals surface area (Å²) in [5, 5.41) is 13.7. The molecule has 1 atom stereocenters. The van der Waals surface area contributed by atoms with Gasteiger partial charge < -0.3 is 10.4 Å². The van der Waals surface area contributed by atoms with Crippen LogP contribution in [0.25, 0.3) is 0 Å². The smallest absolute Gasteiger partial charge is 0.303 e. The molecule has 2 rings (SSSR count). The SMILES string of the molecule is Cc1ccsc1C(=O)NC(CCC(=O)O)Cc1ccccc1. The number of thiophene rings is 1. The topological polar surface area (TPSA) is 66.4 Å². The van der Waals surface area contributed by atoms with Crippen LogP contribution in [0, 0.1) is 6.92 Å². The number of carbonyl (C=O) groups is 2. The van der Waals surface area contributed by atoms with Crippen LogP contribution in [-0.2, 0) is 11.2 Å². The molecule has 2 N–H and O–H groups in total. The molecule has 0 spiro atoms. The van der Waals surface area contributed by atoms with Crippen LogP contribution in [0.1, 0.15) is 33.6 Å². The Labute approximate surface area is 133 Å². The lowest BCUT2D eigenvalue weighted by molar-refractivity contribution is -0.137. The lowest BCUT2D eigenvalue weighted by Crippen LogP contribution is -2.36. The third kappa shape index (κ3) is 4.70. The number of benzene rings is 1. The maximum Gasteiger partial charge on any atom is 0.303 e. The molecule has 1 aromatic carbocycles. The molecule has 1 amide bonds. The highest BCUT2D eigenvalue weighted by molar-refractivity contribution is 7.12. The van der Waals surface area contributed by atoms with Gasteiger partial charge in [0.2, 0.25) is 0 Å². The Bertz CT molecular complexity index is 636. The van der Waals surface area contributed by atoms with Crippen molar-refractivity contribution in [1.82, 2.24) is 5.32 Å². The lowest BCUT2D eigenvalue weighted by atomic mass is 10.0. The van der Waals surface area contributed by atoms with Gasteiger partial charge in [0.15, 0.2) is 0 Å². The quantitative estimate of drug-likeness (QED) is 0.823. The zero-order valence-corrected chi connectivity index (χ0v) is 13.2. The molecule has 0 bridgehead atoms. The van der Waals surface area contributed by atoms with E-state index in [1.807, 2.05) is 48.7 Å². The number of hydrogen-bond acceptors (Lipinski definition) is 3. The summed E-state index contributed by atoms with van der Waals surface area (Å²) in [7, 11) is 0. The van der Waals surface area contributed by atoms with Crippen LogP contribution in [0.15, 0.2) is 41.8 Å². The molecular weight excluding hydrogens is 298 g/mol. The number of aliphatic carboxylic acids is 1. The monoisotopic (exact) mass is 317 g/mol. The summed E-state index contributed by atoms with van der Waals surface area (Å²) >= 11 is 1.40. The van der Waals surface area contributed by atoms with Gasteiger partial charge in [-0.2, -0.15) is 0 Å². The number of carbonyl (C=O) groups excluding carboxylic acids is 1. The van der Waals surface area contributed by atoms with E-state index >= 15 is 0 Å². The number of carboxylic acid groups (broad SMARTS) is 1. The third-order valence-corrected chi connectivity index (χ3v) is 4.45. The second kappa shape index (κ2) is 7.75. The summed E-state index contributed by atoms with van der Waals surface area (Å²) in [6.07, 6.45) is 1.09. The third-order valence-electron chi connectivity index (χ3n) is 3.44. The van der Waals surface area contributed by atoms with E-state index in [0.29, 0.717) is 17.7 Å². The molecule has 0 radical (unpaired) electrons. The molecule has 0 saturated carbocycles. The second-order valence-electron chi connectivity index (χ2n) is 5.23. The van der Waals surface area contributed by atoms with Gasteiger partial charge in [0.25, 0.3) is 5.91 Å². The first-order chi connectivity index (χ1) is 10.6. The van der Waals surface area contributed by atoms with Crippen molar-refractivity contribution < 1.29 is 14.7 Å². The van der Waals surface area contributed by atoms with Gasteiger partial charge in [0.05, 0.1) is 4.88 Å². The zero-order valence-electron chi connectivity index (χ0n) is 12.4. The summed E-state index contributed by atoms with van der Waals surface area (Å²) in [4.78, 5) is 23.8. The van der Waals surface area contributed by atoms with Crippen LogP contribution in [-0.4, -0.2) is 23.0 Å². The molecule has 0 saturated heterocycles. The molecule has 4 nitrogen and oxygen atoms in total. The van der Waals surface area contributed by atoms with Crippen LogP contribution in [0.5, 0.6) is 0 Å². The molecule has 0 fully saturated rings. The van der Waals surface area contributed by atoms with Crippen molar-refractivity contribution in [3.8, 4) is 0 Å². The summed E-state index contributed by atoms with van der Waals surface area (Å²) in [6.45, 7) is 1.90. The van der Waals surface area contributed by atoms with Crippen molar-refractivity contribution in [2.75, 3.05) is 0 Å². The number of hydrogen-bond donors (Lipinski definition) is 2. The Hall–Kier alpha value is -2.14. The lowest BCUT2D eigenvalue weighted by Gasteiger charge is -2.18. The van der Waals surface area contributed by atoms with Crippen LogP contribution in [0.3, 0.4) is 0 Å². The van der Waals surface area contributed by atoms with Gasteiger partial charge in [0, 0.05) is 12.5 Å². The van der Waals surface area contributed by atoms with E-state index in [2.05, 4.69) is 5.32 Å². The van der Waals surface area contributed by atoms with Gasteiger partial charge in [0.1, 0.15) is 0 Å². The Balaban J connectivity index is 2.05. The maximum atomic E-state index is 12.3. The van der Waals surface area contributed by atoms with E-state index in [1.54, 1.807) is 0 Å². The van der Waals surface area contributed by atoms with Crippen LogP contribution >= 0.6 is 11.3 Å². The number of rotatable bonds is 7. The summed E-state index contributed by atoms with van der Waals surface area (Å²) < 4.78 is 0. The van der Waals surface area contributed by atoms with Gasteiger partial charge >= 0.3 is 5.97 Å². The van der Waals surface area contributed by atoms with Crippen molar-refractivity contribution >= 4 is 23.2 Å². The van der Waals surface area contributed by atoms with E-state index in [-0.39, 0.29) is 18.4 Å². The van der Waals surface area contributed by atoms with Crippen molar-refractivity contribution in [2.24, 2.45) is 0 Å². The zero-order chi connectivity index (χ0) is 15.9. The van der Waals surface area contributed by atoms with Crippen molar-refractivity contribution in [2.45, 2.75) is 32.2 Å². The molecule has 0 aliphatic carbocycles. The molecular formula is C17H19NO3S. The Morgan fingerprint density at radius 3 is 2.55 bits per heavy atom. The first kappa shape index (κ1) is 16.2. The van der Waals surface area contributed by atoms with E-state index in [0.717, 1.165) is 11.1 Å². The van der Waals surface area contributed by atoms with E-state index < -0.39 is 5.97 Å². The average molecular weight is 317 g/mol. The van der Waals surface area contributed by atoms with Gasteiger partial charge in [-0.1, -0.05) is 30.3 Å². The van der Waals surface area contributed by atoms with E-state index in [9.17, 15) is 9.59 Å². The number of nitrogens with one attached hydrogen (secondary N) is 1. The molecule has 0 aliphatic rings. The fraction of sp³-hybridized carbons (Fsp3) is 0.294. The first-order valence-electron chi connectivity index (χ1n) is 7.17. The Kier molecular flexibility index (Phi) is 5.72. The number of aryl methyl sites for hydroxylation is 1. The molecule has 1 heterocycles. The Morgan fingerprint density at radius 1 is 1.23 bits per heavy atom. The molecule has 2 aromatic rings. The Morgan fingerprint density at radius 2 is 1.95 bits per heavy atom. The summed E-state index contributed by atoms with van der Waals surface area (Å²) in [5.41, 5.74) is 2.03. The van der Waals surface area contributed by atoms with Gasteiger partial charge in [-0.05, 0) is 42.3 Å². The normalized spacial score (nSPS) is 11.9. The fourth-order valence-electron chi connectivity index (χ4n) is 2.28. The molecule has 116 valence electrons. The van der Waals surface area contributed by atoms with Crippen molar-refractivity contribution in [1.29, 1.82) is 0 Å². The minimum absolute atomic E-state index is 0.0429. The van der Waals surface area contributed by atoms with Gasteiger partial charge in [-0.15, -0.1) is 11.3 Å². The molecule has 5 heteroatoms. The van der Waals surface area contributed by atoms with E-state index in [1.165, 1.54) is 11.3 Å². The predicted molar refractivity (Wildman–Crippen MR) is 87.3 cm³/mol. The average Bonchev–Trinajstić information content (AvgIpc) is 2.92. The van der Waals surface area contributed by atoms with Crippen LogP contribution < -0.4 is 5.32 Å². The molecule has 1 unspecified atom stereocenters. The minimum Gasteiger partial charge on any atom is -0.481 e. The highest BCUT2D eigenvalue weighted by atomic mass is 32.1. The molecule has 0 aliphatic heterocycles. The summed E-state index contributed by atoms with van der Waals surface area (Å²) in [6, 6.07) is 11.5. The van der Waals surface area contributed by atoms with Crippen molar-refractivity contribution in [3.63, 3.8) is 0 Å². The van der Waals surface area contributed by atoms with E-state index in [4.69, 9.17) is 5.11 Å². The largest absolute Gasteiger partial charge is 0.481 e. The maximum absolute atomic E-state index is 12.3.